The van der Waals surface area contributed by atoms with Crippen molar-refractivity contribution in [3.8, 4) is 0 Å². The van der Waals surface area contributed by atoms with Gasteiger partial charge < -0.3 is 10.2 Å². The lowest BCUT2D eigenvalue weighted by molar-refractivity contribution is 0.195. The van der Waals surface area contributed by atoms with Gasteiger partial charge in [0.1, 0.15) is 10.7 Å². The Kier molecular flexibility index (Phi) is 5.47. The van der Waals surface area contributed by atoms with Crippen molar-refractivity contribution in [3.63, 3.8) is 0 Å². The third kappa shape index (κ3) is 4.16. The van der Waals surface area contributed by atoms with Crippen LogP contribution < -0.4 is 5.32 Å². The minimum absolute atomic E-state index is 0.262. The number of amides is 2. The van der Waals surface area contributed by atoms with E-state index in [2.05, 4.69) is 35.6 Å². The fourth-order valence-electron chi connectivity index (χ4n) is 4.07. The first-order chi connectivity index (χ1) is 14.3. The van der Waals surface area contributed by atoms with E-state index in [1.54, 1.807) is 4.90 Å². The Labute approximate surface area is 175 Å². The number of fused-ring (bicyclic) bond motifs is 1. The van der Waals surface area contributed by atoms with Gasteiger partial charge >= 0.3 is 6.03 Å². The van der Waals surface area contributed by atoms with E-state index in [-0.39, 0.29) is 11.7 Å². The molecule has 1 aliphatic rings. The predicted molar refractivity (Wildman–Crippen MR) is 116 cm³/mol. The zero-order chi connectivity index (χ0) is 21.3. The van der Waals surface area contributed by atoms with Gasteiger partial charge in [-0.15, -0.1) is 0 Å². The Morgan fingerprint density at radius 1 is 1.03 bits per heavy atom. The monoisotopic (exact) mass is 426 g/mol. The Bertz CT molecular complexity index is 1200. The van der Waals surface area contributed by atoms with E-state index in [1.807, 2.05) is 12.1 Å². The summed E-state index contributed by atoms with van der Waals surface area (Å²) >= 11 is 0. The van der Waals surface area contributed by atoms with Gasteiger partial charge in [-0.1, -0.05) is 42.5 Å². The molecular formula is C23H23FN2O3S. The number of sulfone groups is 1. The van der Waals surface area contributed by atoms with Crippen molar-refractivity contribution in [1.29, 1.82) is 0 Å². The van der Waals surface area contributed by atoms with Gasteiger partial charge in [-0.2, -0.15) is 0 Å². The van der Waals surface area contributed by atoms with Gasteiger partial charge in [0.2, 0.25) is 0 Å². The molecular weight excluding hydrogens is 403 g/mol. The maximum absolute atomic E-state index is 13.8. The molecule has 3 aromatic carbocycles. The topological polar surface area (TPSA) is 66.5 Å². The van der Waals surface area contributed by atoms with E-state index in [0.29, 0.717) is 19.0 Å². The van der Waals surface area contributed by atoms with Gasteiger partial charge in [0.05, 0.1) is 0 Å². The predicted octanol–water partition coefficient (Wildman–Crippen LogP) is 4.79. The molecule has 5 nitrogen and oxygen atoms in total. The molecule has 3 aromatic rings. The van der Waals surface area contributed by atoms with Gasteiger partial charge in [-0.25, -0.2) is 17.6 Å². The maximum Gasteiger partial charge on any atom is 0.321 e. The summed E-state index contributed by atoms with van der Waals surface area (Å²) in [5.74, 6) is -0.450. The van der Waals surface area contributed by atoms with Crippen LogP contribution in [0.2, 0.25) is 0 Å². The standard InChI is InChI=1S/C23H23FN2O3S/c1-30(28,29)22-15-18(9-10-21(22)24)25-23(27)26-13-11-17(12-14-26)20-8-4-6-16-5-2-3-7-19(16)20/h2-10,15,17H,11-14H2,1H3,(H,25,27). The number of benzene rings is 3. The molecule has 0 radical (unpaired) electrons. The van der Waals surface area contributed by atoms with Crippen LogP contribution in [0.3, 0.4) is 0 Å². The normalized spacial score (nSPS) is 15.3. The zero-order valence-corrected chi connectivity index (χ0v) is 17.5. The first-order valence-electron chi connectivity index (χ1n) is 9.86. The summed E-state index contributed by atoms with van der Waals surface area (Å²) in [5.41, 5.74) is 1.57. The molecule has 0 aliphatic carbocycles. The first kappa shape index (κ1) is 20.3. The van der Waals surface area contributed by atoms with E-state index >= 15 is 0 Å². The van der Waals surface area contributed by atoms with Crippen LogP contribution in [-0.4, -0.2) is 38.7 Å². The lowest BCUT2D eigenvalue weighted by atomic mass is 9.86. The number of hydrogen-bond acceptors (Lipinski definition) is 3. The quantitative estimate of drug-likeness (QED) is 0.655. The molecule has 156 valence electrons. The minimum atomic E-state index is -3.71. The number of hydrogen-bond donors (Lipinski definition) is 1. The zero-order valence-electron chi connectivity index (χ0n) is 16.6. The number of nitrogens with one attached hydrogen (secondary N) is 1. The molecule has 1 heterocycles. The number of carbonyl (C=O) groups is 1. The number of urea groups is 1. The summed E-state index contributed by atoms with van der Waals surface area (Å²) in [6.07, 6.45) is 2.63. The average molecular weight is 427 g/mol. The number of carbonyl (C=O) groups excluding carboxylic acids is 1. The van der Waals surface area contributed by atoms with Crippen molar-refractivity contribution in [1.82, 2.24) is 4.90 Å². The summed E-state index contributed by atoms with van der Waals surface area (Å²) in [4.78, 5) is 13.9. The van der Waals surface area contributed by atoms with Crippen LogP contribution in [0.5, 0.6) is 0 Å². The molecule has 1 aliphatic heterocycles. The molecule has 0 aromatic heterocycles. The molecule has 0 saturated carbocycles. The fraction of sp³-hybridized carbons (Fsp3) is 0.261. The number of piperidine rings is 1. The number of likely N-dealkylation sites (tertiary alicyclic amines) is 1. The summed E-state index contributed by atoms with van der Waals surface area (Å²) in [7, 11) is -3.71. The minimum Gasteiger partial charge on any atom is -0.324 e. The Hall–Kier alpha value is -2.93. The van der Waals surface area contributed by atoms with Crippen molar-refractivity contribution in [3.05, 3.63) is 72.0 Å². The molecule has 30 heavy (non-hydrogen) atoms. The van der Waals surface area contributed by atoms with Crippen molar-refractivity contribution in [2.45, 2.75) is 23.7 Å². The third-order valence-electron chi connectivity index (χ3n) is 5.63. The molecule has 7 heteroatoms. The maximum atomic E-state index is 13.8. The van der Waals surface area contributed by atoms with Crippen LogP contribution in [0.15, 0.2) is 65.6 Å². The number of halogens is 1. The van der Waals surface area contributed by atoms with Crippen LogP contribution in [0.1, 0.15) is 24.3 Å². The van der Waals surface area contributed by atoms with Crippen LogP contribution in [0.4, 0.5) is 14.9 Å². The molecule has 0 atom stereocenters. The van der Waals surface area contributed by atoms with Crippen LogP contribution >= 0.6 is 0 Å². The number of nitrogens with zero attached hydrogens (tertiary/aromatic N) is 1. The van der Waals surface area contributed by atoms with E-state index < -0.39 is 20.5 Å². The average Bonchev–Trinajstić information content (AvgIpc) is 2.74. The van der Waals surface area contributed by atoms with Crippen molar-refractivity contribution < 1.29 is 17.6 Å². The molecule has 1 fully saturated rings. The van der Waals surface area contributed by atoms with Crippen molar-refractivity contribution in [2.75, 3.05) is 24.7 Å². The number of rotatable bonds is 3. The van der Waals surface area contributed by atoms with Crippen LogP contribution in [-0.2, 0) is 9.84 Å². The van der Waals surface area contributed by atoms with Gasteiger partial charge in [-0.3, -0.25) is 0 Å². The molecule has 0 unspecified atom stereocenters. The highest BCUT2D eigenvalue weighted by Crippen LogP contribution is 2.33. The molecule has 1 N–H and O–H groups in total. The second-order valence-corrected chi connectivity index (χ2v) is 9.66. The number of anilines is 1. The van der Waals surface area contributed by atoms with Crippen molar-refractivity contribution in [2.24, 2.45) is 0 Å². The van der Waals surface area contributed by atoms with Crippen LogP contribution in [0, 0.1) is 5.82 Å². The Morgan fingerprint density at radius 3 is 2.47 bits per heavy atom. The first-order valence-corrected chi connectivity index (χ1v) is 11.8. The van der Waals surface area contributed by atoms with E-state index in [9.17, 15) is 17.6 Å². The lowest BCUT2D eigenvalue weighted by Crippen LogP contribution is -2.40. The van der Waals surface area contributed by atoms with Gasteiger partial charge in [0, 0.05) is 25.0 Å². The highest BCUT2D eigenvalue weighted by atomic mass is 32.2. The highest BCUT2D eigenvalue weighted by molar-refractivity contribution is 7.90. The second-order valence-electron chi connectivity index (χ2n) is 7.68. The molecule has 4 rings (SSSR count). The Morgan fingerprint density at radius 2 is 1.73 bits per heavy atom. The highest BCUT2D eigenvalue weighted by Gasteiger charge is 2.25. The fourth-order valence-corrected chi connectivity index (χ4v) is 4.83. The molecule has 2 amide bonds. The molecule has 1 saturated heterocycles. The largest absolute Gasteiger partial charge is 0.324 e. The van der Waals surface area contributed by atoms with Crippen molar-refractivity contribution >= 4 is 32.3 Å². The van der Waals surface area contributed by atoms with E-state index in [4.69, 9.17) is 0 Å². The molecule has 0 spiro atoms. The molecule has 0 bridgehead atoms. The van der Waals surface area contributed by atoms with Gasteiger partial charge in [0.25, 0.3) is 0 Å². The van der Waals surface area contributed by atoms with E-state index in [1.165, 1.54) is 22.4 Å². The van der Waals surface area contributed by atoms with E-state index in [0.717, 1.165) is 31.2 Å². The Balaban J connectivity index is 1.44. The smallest absolute Gasteiger partial charge is 0.321 e. The lowest BCUT2D eigenvalue weighted by Gasteiger charge is -2.32. The summed E-state index contributed by atoms with van der Waals surface area (Å²) in [5, 5.41) is 5.16. The van der Waals surface area contributed by atoms with Gasteiger partial charge in [-0.05, 0) is 53.3 Å². The summed E-state index contributed by atoms with van der Waals surface area (Å²) in [6.45, 7) is 1.19. The van der Waals surface area contributed by atoms with Crippen LogP contribution in [0.25, 0.3) is 10.8 Å². The summed E-state index contributed by atoms with van der Waals surface area (Å²) in [6, 6.07) is 17.9. The second kappa shape index (κ2) is 8.07. The van der Waals surface area contributed by atoms with Gasteiger partial charge in [0.15, 0.2) is 9.84 Å². The third-order valence-corrected chi connectivity index (χ3v) is 6.74. The summed E-state index contributed by atoms with van der Waals surface area (Å²) < 4.78 is 37.2. The SMILES string of the molecule is CS(=O)(=O)c1cc(NC(=O)N2CCC(c3cccc4ccccc34)CC2)ccc1F.